The average molecular weight is 340 g/mol. The molecule has 1 aromatic carbocycles. The number of carbonyl (C=O) groups excluding carboxylic acids is 1. The number of pyridine rings is 1. The van der Waals surface area contributed by atoms with Crippen LogP contribution in [0.2, 0.25) is 0 Å². The van der Waals surface area contributed by atoms with Crippen molar-refractivity contribution < 1.29 is 19.4 Å². The molecule has 1 N–H and O–H groups in total. The molecule has 0 bridgehead atoms. The lowest BCUT2D eigenvalue weighted by Gasteiger charge is -2.36. The fourth-order valence-corrected chi connectivity index (χ4v) is 3.48. The Morgan fingerprint density at radius 1 is 1.28 bits per heavy atom. The van der Waals surface area contributed by atoms with Gasteiger partial charge in [0.15, 0.2) is 11.5 Å². The standard InChI is InChI=1S/C19H20N2O4/c22-16-11-21(19(23)8-13-2-1-6-20-10-13)7-5-15(16)14-3-4-17-18(9-14)25-12-24-17/h1-4,6,9-10,15-16,22H,5,7-8,11-12H2/t15-,16+/m0/s1. The van der Waals surface area contributed by atoms with E-state index in [0.717, 1.165) is 29.0 Å². The minimum atomic E-state index is -0.591. The Hall–Kier alpha value is -2.60. The number of β-amino-alcohol motifs (C(OH)–C–C–N with tert-alkyl or cyclic N) is 1. The van der Waals surface area contributed by atoms with Gasteiger partial charge in [-0.2, -0.15) is 0 Å². The molecule has 0 radical (unpaired) electrons. The Morgan fingerprint density at radius 3 is 2.96 bits per heavy atom. The van der Waals surface area contributed by atoms with Gasteiger partial charge in [0.05, 0.1) is 12.5 Å². The molecule has 0 spiro atoms. The molecule has 25 heavy (non-hydrogen) atoms. The first-order valence-electron chi connectivity index (χ1n) is 8.45. The normalized spacial score (nSPS) is 22.0. The minimum Gasteiger partial charge on any atom is -0.454 e. The Kier molecular flexibility index (Phi) is 4.28. The highest BCUT2D eigenvalue weighted by atomic mass is 16.7. The molecule has 6 nitrogen and oxygen atoms in total. The van der Waals surface area contributed by atoms with Gasteiger partial charge in [0.1, 0.15) is 0 Å². The zero-order valence-corrected chi connectivity index (χ0v) is 13.8. The van der Waals surface area contributed by atoms with E-state index in [4.69, 9.17) is 9.47 Å². The fraction of sp³-hybridized carbons (Fsp3) is 0.368. The number of aliphatic hydroxyl groups excluding tert-OH is 1. The summed E-state index contributed by atoms with van der Waals surface area (Å²) in [7, 11) is 0. The maximum atomic E-state index is 12.5. The van der Waals surface area contributed by atoms with Gasteiger partial charge in [-0.25, -0.2) is 0 Å². The van der Waals surface area contributed by atoms with Crippen molar-refractivity contribution in [3.05, 3.63) is 53.9 Å². The van der Waals surface area contributed by atoms with E-state index in [1.807, 2.05) is 30.3 Å². The number of fused-ring (bicyclic) bond motifs is 1. The second-order valence-electron chi connectivity index (χ2n) is 6.45. The molecule has 2 aliphatic rings. The lowest BCUT2D eigenvalue weighted by Crippen LogP contribution is -2.46. The molecule has 0 unspecified atom stereocenters. The smallest absolute Gasteiger partial charge is 0.231 e. The van der Waals surface area contributed by atoms with Crippen molar-refractivity contribution in [3.8, 4) is 11.5 Å². The second kappa shape index (κ2) is 6.72. The Morgan fingerprint density at radius 2 is 2.16 bits per heavy atom. The summed E-state index contributed by atoms with van der Waals surface area (Å²) in [5, 5.41) is 10.6. The minimum absolute atomic E-state index is 0.00283. The van der Waals surface area contributed by atoms with Crippen molar-refractivity contribution in [1.82, 2.24) is 9.88 Å². The van der Waals surface area contributed by atoms with Crippen LogP contribution in [-0.4, -0.2) is 46.9 Å². The van der Waals surface area contributed by atoms with Crippen molar-refractivity contribution in [3.63, 3.8) is 0 Å². The molecular formula is C19H20N2O4. The molecule has 1 amide bonds. The van der Waals surface area contributed by atoms with E-state index < -0.39 is 6.10 Å². The summed E-state index contributed by atoms with van der Waals surface area (Å²) in [5.74, 6) is 1.48. The van der Waals surface area contributed by atoms with E-state index >= 15 is 0 Å². The summed E-state index contributed by atoms with van der Waals surface area (Å²) in [6.45, 7) is 1.22. The van der Waals surface area contributed by atoms with Crippen LogP contribution in [0.4, 0.5) is 0 Å². The van der Waals surface area contributed by atoms with Crippen LogP contribution in [0, 0.1) is 0 Å². The zero-order valence-electron chi connectivity index (χ0n) is 13.8. The topological polar surface area (TPSA) is 71.9 Å². The molecule has 1 saturated heterocycles. The summed E-state index contributed by atoms with van der Waals surface area (Å²) >= 11 is 0. The van der Waals surface area contributed by atoms with Crippen molar-refractivity contribution in [2.75, 3.05) is 19.9 Å². The van der Waals surface area contributed by atoms with Gasteiger partial charge in [-0.1, -0.05) is 12.1 Å². The van der Waals surface area contributed by atoms with Gasteiger partial charge in [-0.15, -0.1) is 0 Å². The Labute approximate surface area is 146 Å². The fourth-order valence-electron chi connectivity index (χ4n) is 3.48. The molecule has 2 aromatic rings. The summed E-state index contributed by atoms with van der Waals surface area (Å²) in [4.78, 5) is 18.2. The van der Waals surface area contributed by atoms with Crippen molar-refractivity contribution in [2.45, 2.75) is 24.9 Å². The van der Waals surface area contributed by atoms with Gasteiger partial charge in [-0.3, -0.25) is 9.78 Å². The van der Waals surface area contributed by atoms with Crippen LogP contribution in [0.5, 0.6) is 11.5 Å². The number of ether oxygens (including phenoxy) is 2. The third-order valence-electron chi connectivity index (χ3n) is 4.84. The molecule has 3 heterocycles. The quantitative estimate of drug-likeness (QED) is 0.921. The van der Waals surface area contributed by atoms with Gasteiger partial charge < -0.3 is 19.5 Å². The molecule has 0 aliphatic carbocycles. The number of piperidine rings is 1. The number of aromatic nitrogens is 1. The number of hydrogen-bond donors (Lipinski definition) is 1. The highest BCUT2D eigenvalue weighted by molar-refractivity contribution is 5.78. The number of likely N-dealkylation sites (tertiary alicyclic amines) is 1. The lowest BCUT2D eigenvalue weighted by molar-refractivity contribution is -0.134. The second-order valence-corrected chi connectivity index (χ2v) is 6.45. The van der Waals surface area contributed by atoms with E-state index in [0.29, 0.717) is 19.5 Å². The average Bonchev–Trinajstić information content (AvgIpc) is 3.10. The molecule has 2 atom stereocenters. The monoisotopic (exact) mass is 340 g/mol. The lowest BCUT2D eigenvalue weighted by atomic mass is 9.86. The van der Waals surface area contributed by atoms with Crippen molar-refractivity contribution in [2.24, 2.45) is 0 Å². The number of aliphatic hydroxyl groups is 1. The van der Waals surface area contributed by atoms with E-state index in [1.165, 1.54) is 0 Å². The van der Waals surface area contributed by atoms with Gasteiger partial charge in [0.25, 0.3) is 0 Å². The Balaban J connectivity index is 1.41. The number of amides is 1. The summed E-state index contributed by atoms with van der Waals surface area (Å²) < 4.78 is 10.7. The molecule has 2 aliphatic heterocycles. The number of nitrogens with zero attached hydrogens (tertiary/aromatic N) is 2. The van der Waals surface area contributed by atoms with Crippen molar-refractivity contribution in [1.29, 1.82) is 0 Å². The van der Waals surface area contributed by atoms with Crippen LogP contribution in [0.25, 0.3) is 0 Å². The largest absolute Gasteiger partial charge is 0.454 e. The predicted molar refractivity (Wildman–Crippen MR) is 90.5 cm³/mol. The number of benzene rings is 1. The van der Waals surface area contributed by atoms with Gasteiger partial charge in [0, 0.05) is 31.4 Å². The van der Waals surface area contributed by atoms with E-state index in [9.17, 15) is 9.90 Å². The first kappa shape index (κ1) is 15.9. The van der Waals surface area contributed by atoms with Gasteiger partial charge in [0.2, 0.25) is 12.7 Å². The van der Waals surface area contributed by atoms with E-state index in [2.05, 4.69) is 4.98 Å². The van der Waals surface area contributed by atoms with Gasteiger partial charge in [-0.05, 0) is 35.7 Å². The first-order chi connectivity index (χ1) is 12.2. The molecule has 4 rings (SSSR count). The molecule has 1 fully saturated rings. The van der Waals surface area contributed by atoms with Crippen LogP contribution in [0.15, 0.2) is 42.7 Å². The van der Waals surface area contributed by atoms with Crippen LogP contribution in [0.1, 0.15) is 23.5 Å². The number of hydrogen-bond acceptors (Lipinski definition) is 5. The third kappa shape index (κ3) is 3.30. The molecule has 0 saturated carbocycles. The Bertz CT molecular complexity index is 765. The molecular weight excluding hydrogens is 320 g/mol. The van der Waals surface area contributed by atoms with E-state index in [1.54, 1.807) is 17.3 Å². The van der Waals surface area contributed by atoms with Crippen LogP contribution in [-0.2, 0) is 11.2 Å². The van der Waals surface area contributed by atoms with Crippen LogP contribution in [0.3, 0.4) is 0 Å². The van der Waals surface area contributed by atoms with Crippen LogP contribution >= 0.6 is 0 Å². The highest BCUT2D eigenvalue weighted by Gasteiger charge is 2.32. The maximum absolute atomic E-state index is 12.5. The predicted octanol–water partition coefficient (Wildman–Crippen LogP) is 1.73. The maximum Gasteiger partial charge on any atom is 0.231 e. The van der Waals surface area contributed by atoms with Crippen LogP contribution < -0.4 is 9.47 Å². The summed E-state index contributed by atoms with van der Waals surface area (Å²) in [6.07, 6.45) is 3.84. The van der Waals surface area contributed by atoms with E-state index in [-0.39, 0.29) is 18.6 Å². The zero-order chi connectivity index (χ0) is 17.2. The molecule has 1 aromatic heterocycles. The van der Waals surface area contributed by atoms with Crippen molar-refractivity contribution >= 4 is 5.91 Å². The molecule has 130 valence electrons. The third-order valence-corrected chi connectivity index (χ3v) is 4.84. The summed E-state index contributed by atoms with van der Waals surface area (Å²) in [5.41, 5.74) is 1.91. The summed E-state index contributed by atoms with van der Waals surface area (Å²) in [6, 6.07) is 9.49. The van der Waals surface area contributed by atoms with Gasteiger partial charge >= 0.3 is 0 Å². The highest BCUT2D eigenvalue weighted by Crippen LogP contribution is 2.37. The SMILES string of the molecule is O=C(Cc1cccnc1)N1CC[C@@H](c2ccc3c(c2)OCO3)[C@H](O)C1. The first-order valence-corrected chi connectivity index (χ1v) is 8.45. The molecule has 6 heteroatoms. The number of carbonyl (C=O) groups is 1. The number of rotatable bonds is 3.